The highest BCUT2D eigenvalue weighted by Gasteiger charge is 2.41. The standard InChI is InChI=1S/C9H5F6NO2/c1-18-8(17)6-5(9(13,14)15)3(10)2-4(16-6)7(11)12/h2,7H,1H3. The van der Waals surface area contributed by atoms with Gasteiger partial charge in [-0.25, -0.2) is 22.9 Å². The second-order valence-electron chi connectivity index (χ2n) is 3.04. The van der Waals surface area contributed by atoms with Crippen LogP contribution in [0.2, 0.25) is 0 Å². The summed E-state index contributed by atoms with van der Waals surface area (Å²) in [6.45, 7) is 0. The molecule has 9 heteroatoms. The number of pyridine rings is 1. The van der Waals surface area contributed by atoms with Crippen molar-refractivity contribution in [3.8, 4) is 0 Å². The molecule has 0 spiro atoms. The first-order valence-electron chi connectivity index (χ1n) is 4.32. The van der Waals surface area contributed by atoms with Gasteiger partial charge in [0.25, 0.3) is 6.43 Å². The normalized spacial score (nSPS) is 11.8. The molecule has 0 aliphatic rings. The lowest BCUT2D eigenvalue weighted by Gasteiger charge is -2.13. The molecule has 0 aliphatic heterocycles. The van der Waals surface area contributed by atoms with Crippen molar-refractivity contribution < 1.29 is 35.9 Å². The van der Waals surface area contributed by atoms with Crippen LogP contribution >= 0.6 is 0 Å². The molecule has 1 aromatic rings. The molecule has 0 amide bonds. The number of esters is 1. The molecule has 0 atom stereocenters. The Morgan fingerprint density at radius 3 is 2.33 bits per heavy atom. The first kappa shape index (κ1) is 14.3. The number of methoxy groups -OCH3 is 1. The van der Waals surface area contributed by atoms with Gasteiger partial charge in [0.1, 0.15) is 17.1 Å². The van der Waals surface area contributed by atoms with E-state index in [-0.39, 0.29) is 6.07 Å². The van der Waals surface area contributed by atoms with Gasteiger partial charge in [-0.15, -0.1) is 0 Å². The lowest BCUT2D eigenvalue weighted by atomic mass is 10.1. The van der Waals surface area contributed by atoms with Gasteiger partial charge in [-0.1, -0.05) is 0 Å². The highest BCUT2D eigenvalue weighted by Crippen LogP contribution is 2.35. The summed E-state index contributed by atoms with van der Waals surface area (Å²) in [5, 5.41) is 0. The van der Waals surface area contributed by atoms with E-state index in [1.807, 2.05) is 0 Å². The van der Waals surface area contributed by atoms with Gasteiger partial charge < -0.3 is 4.74 Å². The van der Waals surface area contributed by atoms with E-state index in [2.05, 4.69) is 9.72 Å². The van der Waals surface area contributed by atoms with E-state index in [0.29, 0.717) is 0 Å². The molecule has 0 saturated carbocycles. The second-order valence-corrected chi connectivity index (χ2v) is 3.04. The fourth-order valence-electron chi connectivity index (χ4n) is 1.16. The van der Waals surface area contributed by atoms with Gasteiger partial charge in [0.05, 0.1) is 7.11 Å². The molecule has 0 saturated heterocycles. The largest absolute Gasteiger partial charge is 0.464 e. The van der Waals surface area contributed by atoms with E-state index in [0.717, 1.165) is 7.11 Å². The van der Waals surface area contributed by atoms with Crippen LogP contribution in [0.5, 0.6) is 0 Å². The summed E-state index contributed by atoms with van der Waals surface area (Å²) in [4.78, 5) is 13.8. The molecule has 0 fully saturated rings. The zero-order valence-electron chi connectivity index (χ0n) is 8.69. The number of alkyl halides is 5. The first-order valence-corrected chi connectivity index (χ1v) is 4.32. The third-order valence-electron chi connectivity index (χ3n) is 1.88. The van der Waals surface area contributed by atoms with Crippen LogP contribution in [0.15, 0.2) is 6.07 Å². The maximum Gasteiger partial charge on any atom is 0.421 e. The Hall–Kier alpha value is -1.80. The molecule has 1 heterocycles. The Morgan fingerprint density at radius 2 is 1.94 bits per heavy atom. The first-order chi connectivity index (χ1) is 8.18. The van der Waals surface area contributed by atoms with Gasteiger partial charge >= 0.3 is 12.1 Å². The maximum absolute atomic E-state index is 13.2. The van der Waals surface area contributed by atoms with Crippen LogP contribution in [-0.4, -0.2) is 18.1 Å². The highest BCUT2D eigenvalue weighted by molar-refractivity contribution is 5.89. The van der Waals surface area contributed by atoms with E-state index in [9.17, 15) is 31.1 Å². The Bertz CT molecular complexity index is 471. The lowest BCUT2D eigenvalue weighted by molar-refractivity contribution is -0.140. The predicted molar refractivity (Wildman–Crippen MR) is 45.5 cm³/mol. The van der Waals surface area contributed by atoms with Crippen molar-refractivity contribution in [3.63, 3.8) is 0 Å². The molecule has 1 rings (SSSR count). The molecule has 0 bridgehead atoms. The molecule has 0 aromatic carbocycles. The van der Waals surface area contributed by atoms with E-state index in [1.54, 1.807) is 0 Å². The summed E-state index contributed by atoms with van der Waals surface area (Å²) < 4.78 is 79.0. The van der Waals surface area contributed by atoms with Crippen LogP contribution < -0.4 is 0 Å². The van der Waals surface area contributed by atoms with E-state index in [1.165, 1.54) is 0 Å². The van der Waals surface area contributed by atoms with Crippen molar-refractivity contribution in [1.82, 2.24) is 4.98 Å². The zero-order chi connectivity index (χ0) is 14.1. The predicted octanol–water partition coefficient (Wildman–Crippen LogP) is 2.96. The number of rotatable bonds is 2. The monoisotopic (exact) mass is 273 g/mol. The van der Waals surface area contributed by atoms with Crippen LogP contribution in [0.1, 0.15) is 28.2 Å². The number of carbonyl (C=O) groups excluding carboxylic acids is 1. The van der Waals surface area contributed by atoms with Crippen LogP contribution in [0.3, 0.4) is 0 Å². The minimum atomic E-state index is -5.25. The molecule has 0 N–H and O–H groups in total. The van der Waals surface area contributed by atoms with E-state index < -0.39 is 41.3 Å². The number of ether oxygens (including phenoxy) is 1. The van der Waals surface area contributed by atoms with Crippen LogP contribution in [-0.2, 0) is 10.9 Å². The fraction of sp³-hybridized carbons (Fsp3) is 0.333. The van der Waals surface area contributed by atoms with Crippen molar-refractivity contribution in [2.75, 3.05) is 7.11 Å². The van der Waals surface area contributed by atoms with Crippen LogP contribution in [0, 0.1) is 5.82 Å². The summed E-state index contributed by atoms with van der Waals surface area (Å²) in [6.07, 6.45) is -8.56. The number of hydrogen-bond donors (Lipinski definition) is 0. The molecule has 0 unspecified atom stereocenters. The van der Waals surface area contributed by atoms with Gasteiger partial charge in [-0.3, -0.25) is 0 Å². The minimum Gasteiger partial charge on any atom is -0.464 e. The summed E-state index contributed by atoms with van der Waals surface area (Å²) in [6, 6.07) is -0.0695. The molecule has 3 nitrogen and oxygen atoms in total. The average Bonchev–Trinajstić information content (AvgIpc) is 2.24. The number of hydrogen-bond acceptors (Lipinski definition) is 3. The molecular weight excluding hydrogens is 268 g/mol. The van der Waals surface area contributed by atoms with Crippen molar-refractivity contribution >= 4 is 5.97 Å². The highest BCUT2D eigenvalue weighted by atomic mass is 19.4. The number of carbonyl (C=O) groups is 1. The van der Waals surface area contributed by atoms with Gasteiger partial charge in [-0.05, 0) is 0 Å². The average molecular weight is 273 g/mol. The topological polar surface area (TPSA) is 39.2 Å². The molecule has 1 aromatic heterocycles. The van der Waals surface area contributed by atoms with Crippen molar-refractivity contribution in [3.05, 3.63) is 28.8 Å². The van der Waals surface area contributed by atoms with Crippen LogP contribution in [0.4, 0.5) is 26.3 Å². The quantitative estimate of drug-likeness (QED) is 0.614. The van der Waals surface area contributed by atoms with Crippen molar-refractivity contribution in [1.29, 1.82) is 0 Å². The van der Waals surface area contributed by atoms with Gasteiger partial charge in [0.15, 0.2) is 5.69 Å². The van der Waals surface area contributed by atoms with Crippen molar-refractivity contribution in [2.24, 2.45) is 0 Å². The fourth-order valence-corrected chi connectivity index (χ4v) is 1.16. The van der Waals surface area contributed by atoms with Gasteiger partial charge in [0.2, 0.25) is 0 Å². The molecule has 100 valence electrons. The smallest absolute Gasteiger partial charge is 0.421 e. The molecule has 18 heavy (non-hydrogen) atoms. The SMILES string of the molecule is COC(=O)c1nc(C(F)F)cc(F)c1C(F)(F)F. The van der Waals surface area contributed by atoms with Gasteiger partial charge in [0, 0.05) is 6.07 Å². The number of nitrogens with zero attached hydrogens (tertiary/aromatic N) is 1. The Kier molecular flexibility index (Phi) is 3.82. The summed E-state index contributed by atoms with van der Waals surface area (Å²) in [5.41, 5.74) is -4.83. The summed E-state index contributed by atoms with van der Waals surface area (Å²) in [5.74, 6) is -3.66. The zero-order valence-corrected chi connectivity index (χ0v) is 8.69. The third-order valence-corrected chi connectivity index (χ3v) is 1.88. The Labute approximate surface area is 96.4 Å². The molecule has 0 radical (unpaired) electrons. The Balaban J connectivity index is 3.55. The van der Waals surface area contributed by atoms with Crippen molar-refractivity contribution in [2.45, 2.75) is 12.6 Å². The minimum absolute atomic E-state index is 0.0695. The molecule has 0 aliphatic carbocycles. The summed E-state index contributed by atoms with van der Waals surface area (Å²) in [7, 11) is 0.719. The maximum atomic E-state index is 13.2. The third kappa shape index (κ3) is 2.71. The lowest BCUT2D eigenvalue weighted by Crippen LogP contribution is -2.19. The van der Waals surface area contributed by atoms with E-state index in [4.69, 9.17) is 0 Å². The van der Waals surface area contributed by atoms with E-state index >= 15 is 0 Å². The number of aromatic nitrogens is 1. The number of halogens is 6. The second kappa shape index (κ2) is 4.83. The Morgan fingerprint density at radius 1 is 1.39 bits per heavy atom. The van der Waals surface area contributed by atoms with Gasteiger partial charge in [-0.2, -0.15) is 13.2 Å². The molecular formula is C9H5F6NO2. The van der Waals surface area contributed by atoms with Crippen LogP contribution in [0.25, 0.3) is 0 Å². The summed E-state index contributed by atoms with van der Waals surface area (Å²) >= 11 is 0.